The molecule has 14 heavy (non-hydrogen) atoms. The molecule has 0 fully saturated rings. The molecule has 4 nitrogen and oxygen atoms in total. The molecule has 0 aromatic carbocycles. The van der Waals surface area contributed by atoms with Gasteiger partial charge in [0.15, 0.2) is 0 Å². The van der Waals surface area contributed by atoms with Crippen molar-refractivity contribution in [3.63, 3.8) is 0 Å². The Morgan fingerprint density at radius 2 is 1.93 bits per heavy atom. The van der Waals surface area contributed by atoms with Crippen molar-refractivity contribution in [2.75, 3.05) is 0 Å². The van der Waals surface area contributed by atoms with Crippen molar-refractivity contribution < 1.29 is 0 Å². The van der Waals surface area contributed by atoms with E-state index in [2.05, 4.69) is 15.0 Å². The third-order valence-corrected chi connectivity index (χ3v) is 1.84. The molecule has 0 aliphatic rings. The molecule has 0 amide bonds. The first kappa shape index (κ1) is 8.77. The molecule has 4 heteroatoms. The Kier molecular flexibility index (Phi) is 2.46. The minimum Gasteiger partial charge on any atom is -0.325 e. The van der Waals surface area contributed by atoms with Gasteiger partial charge in [0, 0.05) is 12.7 Å². The van der Waals surface area contributed by atoms with Crippen LogP contribution in [0.1, 0.15) is 5.69 Å². The predicted molar refractivity (Wildman–Crippen MR) is 53.2 cm³/mol. The van der Waals surface area contributed by atoms with Crippen LogP contribution in [0.3, 0.4) is 0 Å². The van der Waals surface area contributed by atoms with E-state index in [4.69, 9.17) is 5.73 Å². The average Bonchev–Trinajstić information content (AvgIpc) is 2.30. The second-order valence-electron chi connectivity index (χ2n) is 2.81. The van der Waals surface area contributed by atoms with E-state index in [1.807, 2.05) is 18.2 Å². The summed E-state index contributed by atoms with van der Waals surface area (Å²) in [6.07, 6.45) is 5.09. The Labute approximate surface area is 81.9 Å². The lowest BCUT2D eigenvalue weighted by Crippen LogP contribution is -2.00. The maximum absolute atomic E-state index is 5.42. The summed E-state index contributed by atoms with van der Waals surface area (Å²) in [5, 5.41) is 0. The van der Waals surface area contributed by atoms with Gasteiger partial charge in [0.05, 0.1) is 23.8 Å². The van der Waals surface area contributed by atoms with Crippen LogP contribution in [-0.4, -0.2) is 15.0 Å². The van der Waals surface area contributed by atoms with E-state index in [0.29, 0.717) is 6.54 Å². The van der Waals surface area contributed by atoms with Gasteiger partial charge in [0.1, 0.15) is 5.69 Å². The van der Waals surface area contributed by atoms with E-state index in [-0.39, 0.29) is 0 Å². The summed E-state index contributed by atoms with van der Waals surface area (Å²) in [6.45, 7) is 0.412. The van der Waals surface area contributed by atoms with Crippen molar-refractivity contribution >= 4 is 0 Å². The van der Waals surface area contributed by atoms with Gasteiger partial charge >= 0.3 is 0 Å². The van der Waals surface area contributed by atoms with E-state index in [9.17, 15) is 0 Å². The van der Waals surface area contributed by atoms with Crippen LogP contribution in [0.4, 0.5) is 0 Å². The van der Waals surface area contributed by atoms with E-state index >= 15 is 0 Å². The lowest BCUT2D eigenvalue weighted by atomic mass is 10.3. The molecule has 2 heterocycles. The largest absolute Gasteiger partial charge is 0.325 e. The molecular weight excluding hydrogens is 176 g/mol. The zero-order valence-corrected chi connectivity index (χ0v) is 7.59. The number of pyridine rings is 1. The molecule has 2 aromatic heterocycles. The van der Waals surface area contributed by atoms with Crippen molar-refractivity contribution in [2.45, 2.75) is 6.54 Å². The summed E-state index contributed by atoms with van der Waals surface area (Å²) in [6, 6.07) is 5.68. The van der Waals surface area contributed by atoms with Crippen LogP contribution in [0.25, 0.3) is 11.4 Å². The highest BCUT2D eigenvalue weighted by Crippen LogP contribution is 2.10. The summed E-state index contributed by atoms with van der Waals surface area (Å²) in [5.41, 5.74) is 7.79. The van der Waals surface area contributed by atoms with Crippen LogP contribution in [-0.2, 0) is 6.54 Å². The molecule has 2 aromatic rings. The molecule has 70 valence electrons. The highest BCUT2D eigenvalue weighted by atomic mass is 14.8. The van der Waals surface area contributed by atoms with Crippen molar-refractivity contribution in [3.05, 3.63) is 42.5 Å². The van der Waals surface area contributed by atoms with Gasteiger partial charge in [-0.3, -0.25) is 15.0 Å². The van der Waals surface area contributed by atoms with Gasteiger partial charge in [-0.05, 0) is 12.1 Å². The molecule has 0 unspecified atom stereocenters. The number of rotatable bonds is 2. The highest BCUT2D eigenvalue weighted by Gasteiger charge is 1.99. The Morgan fingerprint density at radius 1 is 1.00 bits per heavy atom. The van der Waals surface area contributed by atoms with E-state index in [1.165, 1.54) is 0 Å². The first-order valence-corrected chi connectivity index (χ1v) is 4.32. The fraction of sp³-hybridized carbons (Fsp3) is 0.100. The first-order valence-electron chi connectivity index (χ1n) is 4.32. The molecular formula is C10H10N4. The number of aromatic nitrogens is 3. The van der Waals surface area contributed by atoms with Gasteiger partial charge in [-0.1, -0.05) is 6.07 Å². The number of nitrogens with two attached hydrogens (primary N) is 1. The van der Waals surface area contributed by atoms with Gasteiger partial charge in [-0.2, -0.15) is 0 Å². The lowest BCUT2D eigenvalue weighted by Gasteiger charge is -1.99. The second-order valence-corrected chi connectivity index (χ2v) is 2.81. The Bertz CT molecular complexity index is 396. The first-order chi connectivity index (χ1) is 6.90. The third kappa shape index (κ3) is 1.75. The SMILES string of the molecule is NCc1cnc(-c2ccccn2)cn1. The minimum atomic E-state index is 0.412. The zero-order chi connectivity index (χ0) is 9.80. The van der Waals surface area contributed by atoms with Crippen LogP contribution >= 0.6 is 0 Å². The van der Waals surface area contributed by atoms with E-state index in [1.54, 1.807) is 18.6 Å². The van der Waals surface area contributed by atoms with Gasteiger partial charge in [-0.15, -0.1) is 0 Å². The normalized spacial score (nSPS) is 10.1. The molecule has 0 radical (unpaired) electrons. The van der Waals surface area contributed by atoms with Gasteiger partial charge in [-0.25, -0.2) is 0 Å². The van der Waals surface area contributed by atoms with Gasteiger partial charge in [0.25, 0.3) is 0 Å². The number of hydrogen-bond donors (Lipinski definition) is 1. The zero-order valence-electron chi connectivity index (χ0n) is 7.59. The van der Waals surface area contributed by atoms with Crippen LogP contribution in [0, 0.1) is 0 Å². The predicted octanol–water partition coefficient (Wildman–Crippen LogP) is 0.997. The molecule has 2 rings (SSSR count). The standard InChI is InChI=1S/C10H10N4/c11-5-8-6-14-10(7-13-8)9-3-1-2-4-12-9/h1-4,6-7H,5,11H2. The maximum Gasteiger partial charge on any atom is 0.107 e. The topological polar surface area (TPSA) is 64.7 Å². The fourth-order valence-corrected chi connectivity index (χ4v) is 1.11. The molecule has 0 aliphatic heterocycles. The summed E-state index contributed by atoms with van der Waals surface area (Å²) in [7, 11) is 0. The Morgan fingerprint density at radius 3 is 2.50 bits per heavy atom. The van der Waals surface area contributed by atoms with Gasteiger partial charge < -0.3 is 5.73 Å². The summed E-state index contributed by atoms with van der Waals surface area (Å²) in [4.78, 5) is 12.5. The molecule has 2 N–H and O–H groups in total. The molecule has 0 atom stereocenters. The van der Waals surface area contributed by atoms with Crippen LogP contribution < -0.4 is 5.73 Å². The fourth-order valence-electron chi connectivity index (χ4n) is 1.11. The molecule has 0 bridgehead atoms. The smallest absolute Gasteiger partial charge is 0.107 e. The highest BCUT2D eigenvalue weighted by molar-refractivity contribution is 5.51. The summed E-state index contributed by atoms with van der Waals surface area (Å²) in [5.74, 6) is 0. The van der Waals surface area contributed by atoms with Crippen molar-refractivity contribution in [2.24, 2.45) is 5.73 Å². The number of nitrogens with zero attached hydrogens (tertiary/aromatic N) is 3. The number of hydrogen-bond acceptors (Lipinski definition) is 4. The summed E-state index contributed by atoms with van der Waals surface area (Å²) < 4.78 is 0. The van der Waals surface area contributed by atoms with Crippen molar-refractivity contribution in [1.29, 1.82) is 0 Å². The third-order valence-electron chi connectivity index (χ3n) is 1.84. The maximum atomic E-state index is 5.42. The monoisotopic (exact) mass is 186 g/mol. The minimum absolute atomic E-state index is 0.412. The molecule has 0 aliphatic carbocycles. The molecule has 0 saturated carbocycles. The summed E-state index contributed by atoms with van der Waals surface area (Å²) >= 11 is 0. The van der Waals surface area contributed by atoms with E-state index < -0.39 is 0 Å². The van der Waals surface area contributed by atoms with Crippen molar-refractivity contribution in [3.8, 4) is 11.4 Å². The van der Waals surface area contributed by atoms with Crippen LogP contribution in [0.15, 0.2) is 36.8 Å². The second kappa shape index (κ2) is 3.93. The van der Waals surface area contributed by atoms with Gasteiger partial charge in [0.2, 0.25) is 0 Å². The van der Waals surface area contributed by atoms with E-state index in [0.717, 1.165) is 17.1 Å². The Hall–Kier alpha value is -1.81. The van der Waals surface area contributed by atoms with Crippen molar-refractivity contribution in [1.82, 2.24) is 15.0 Å². The Balaban J connectivity index is 2.34. The van der Waals surface area contributed by atoms with Crippen LogP contribution in [0.2, 0.25) is 0 Å². The lowest BCUT2D eigenvalue weighted by molar-refractivity contribution is 0.964. The molecule has 0 spiro atoms. The average molecular weight is 186 g/mol. The quantitative estimate of drug-likeness (QED) is 0.759. The van der Waals surface area contributed by atoms with Crippen LogP contribution in [0.5, 0.6) is 0 Å². The molecule has 0 saturated heterocycles.